The van der Waals surface area contributed by atoms with Gasteiger partial charge < -0.3 is 0 Å². The molecule has 2 rings (SSSR count). The normalized spacial score (nSPS) is 18.8. The van der Waals surface area contributed by atoms with E-state index in [1.165, 1.54) is 44.9 Å². The van der Waals surface area contributed by atoms with Crippen molar-refractivity contribution in [1.82, 2.24) is 0 Å². The zero-order valence-corrected chi connectivity index (χ0v) is 11.6. The Kier molecular flexibility index (Phi) is 13.1. The second-order valence-corrected chi connectivity index (χ2v) is 4.19. The molecule has 0 unspecified atom stereocenters. The standard InChI is InChI=1S/C8H12.C8H11.Co/c2*1-2-4-6-8-7-5-3-1;/h1-4H,5-8H2;1-3H,4,6-8H2;/q;-1;. The van der Waals surface area contributed by atoms with Crippen LogP contribution in [-0.4, -0.2) is 0 Å². The summed E-state index contributed by atoms with van der Waals surface area (Å²) in [5.41, 5.74) is 0. The van der Waals surface area contributed by atoms with E-state index >= 15 is 0 Å². The minimum atomic E-state index is 0. The summed E-state index contributed by atoms with van der Waals surface area (Å²) in [5, 5.41) is 0. The Hall–Kier alpha value is -0.534. The maximum Gasteiger partial charge on any atom is 0 e. The van der Waals surface area contributed by atoms with Crippen LogP contribution in [0.1, 0.15) is 51.4 Å². The molecule has 2 aliphatic carbocycles. The molecule has 1 heteroatoms. The van der Waals surface area contributed by atoms with Crippen LogP contribution in [0.15, 0.2) is 42.5 Å². The van der Waals surface area contributed by atoms with Crippen molar-refractivity contribution >= 4 is 0 Å². The molecule has 0 fully saturated rings. The molecule has 0 aromatic heterocycles. The molecule has 0 nitrogen and oxygen atoms in total. The molecule has 0 amide bonds. The van der Waals surface area contributed by atoms with Gasteiger partial charge in [0.2, 0.25) is 0 Å². The van der Waals surface area contributed by atoms with Gasteiger partial charge in [-0.05, 0) is 25.7 Å². The average Bonchev–Trinajstić information content (AvgIpc) is 2.15. The van der Waals surface area contributed by atoms with E-state index in [1.54, 1.807) is 0 Å². The van der Waals surface area contributed by atoms with E-state index in [2.05, 4.69) is 42.5 Å². The van der Waals surface area contributed by atoms with E-state index < -0.39 is 0 Å². The Morgan fingerprint density at radius 1 is 0.647 bits per heavy atom. The first kappa shape index (κ1) is 16.5. The Bertz CT molecular complexity index is 203. The maximum absolute atomic E-state index is 3.18. The van der Waals surface area contributed by atoms with Crippen LogP contribution in [0.3, 0.4) is 0 Å². The van der Waals surface area contributed by atoms with Gasteiger partial charge in [0, 0.05) is 16.8 Å². The summed E-state index contributed by atoms with van der Waals surface area (Å²) in [7, 11) is 0. The molecule has 0 bridgehead atoms. The van der Waals surface area contributed by atoms with Gasteiger partial charge in [0.25, 0.3) is 0 Å². The Labute approximate surface area is 117 Å². The molecule has 0 aromatic carbocycles. The molecular weight excluding hydrogens is 251 g/mol. The molecule has 97 valence electrons. The van der Waals surface area contributed by atoms with Crippen LogP contribution in [0.25, 0.3) is 0 Å². The van der Waals surface area contributed by atoms with Gasteiger partial charge in [-0.25, -0.2) is 12.2 Å². The summed E-state index contributed by atoms with van der Waals surface area (Å²) >= 11 is 0. The fraction of sp³-hybridized carbons (Fsp3) is 0.500. The monoisotopic (exact) mass is 274 g/mol. The minimum Gasteiger partial charge on any atom is -0.275 e. The predicted octanol–water partition coefficient (Wildman–Crippen LogP) is 5.15. The number of rotatable bonds is 0. The smallest absolute Gasteiger partial charge is 0 e. The zero-order valence-electron chi connectivity index (χ0n) is 10.5. The largest absolute Gasteiger partial charge is 0.275 e. The second-order valence-electron chi connectivity index (χ2n) is 4.19. The predicted molar refractivity (Wildman–Crippen MR) is 72.2 cm³/mol. The van der Waals surface area contributed by atoms with Crippen molar-refractivity contribution in [3.05, 3.63) is 48.6 Å². The summed E-state index contributed by atoms with van der Waals surface area (Å²) in [6, 6.07) is 0. The zero-order chi connectivity index (χ0) is 11.3. The van der Waals surface area contributed by atoms with Crippen molar-refractivity contribution in [3.8, 4) is 0 Å². The SMILES string of the molecule is C1=CCCCCC=C1.[C-]1=CC=CCCCC1.[Co]. The van der Waals surface area contributed by atoms with Crippen LogP contribution in [0, 0.1) is 6.08 Å². The van der Waals surface area contributed by atoms with Gasteiger partial charge in [0.1, 0.15) is 0 Å². The first-order valence-electron chi connectivity index (χ1n) is 6.53. The van der Waals surface area contributed by atoms with E-state index in [9.17, 15) is 0 Å². The minimum absolute atomic E-state index is 0. The quantitative estimate of drug-likeness (QED) is 0.536. The van der Waals surface area contributed by atoms with Crippen molar-refractivity contribution in [3.63, 3.8) is 0 Å². The molecular formula is C16H23Co-. The van der Waals surface area contributed by atoms with Crippen LogP contribution in [-0.2, 0) is 16.8 Å². The average molecular weight is 274 g/mol. The Morgan fingerprint density at radius 2 is 1.18 bits per heavy atom. The molecule has 0 heterocycles. The van der Waals surface area contributed by atoms with E-state index in [0.717, 1.165) is 6.42 Å². The first-order valence-corrected chi connectivity index (χ1v) is 6.53. The summed E-state index contributed by atoms with van der Waals surface area (Å²) in [4.78, 5) is 0. The van der Waals surface area contributed by atoms with Crippen molar-refractivity contribution in [2.45, 2.75) is 51.4 Å². The van der Waals surface area contributed by atoms with Gasteiger partial charge in [-0.2, -0.15) is 6.08 Å². The van der Waals surface area contributed by atoms with Crippen LogP contribution in [0.5, 0.6) is 0 Å². The molecule has 0 spiro atoms. The van der Waals surface area contributed by atoms with E-state index in [4.69, 9.17) is 0 Å². The second kappa shape index (κ2) is 13.5. The first-order chi connectivity index (χ1) is 8.00. The summed E-state index contributed by atoms with van der Waals surface area (Å²) in [5.74, 6) is 0. The fourth-order valence-electron chi connectivity index (χ4n) is 1.68. The number of allylic oxidation sites excluding steroid dienone is 8. The van der Waals surface area contributed by atoms with Gasteiger partial charge in [-0.3, -0.25) is 6.08 Å². The molecule has 17 heavy (non-hydrogen) atoms. The fourth-order valence-corrected chi connectivity index (χ4v) is 1.68. The summed E-state index contributed by atoms with van der Waals surface area (Å²) < 4.78 is 0. The third kappa shape index (κ3) is 11.7. The van der Waals surface area contributed by atoms with Crippen molar-refractivity contribution in [1.29, 1.82) is 0 Å². The third-order valence-electron chi connectivity index (χ3n) is 2.67. The van der Waals surface area contributed by atoms with Crippen molar-refractivity contribution in [2.75, 3.05) is 0 Å². The third-order valence-corrected chi connectivity index (χ3v) is 2.67. The summed E-state index contributed by atoms with van der Waals surface area (Å²) in [6.45, 7) is 0. The molecule has 0 aliphatic heterocycles. The van der Waals surface area contributed by atoms with Crippen LogP contribution < -0.4 is 0 Å². The van der Waals surface area contributed by atoms with Gasteiger partial charge in [-0.15, -0.1) is 6.42 Å². The van der Waals surface area contributed by atoms with Crippen LogP contribution >= 0.6 is 0 Å². The van der Waals surface area contributed by atoms with E-state index in [1.807, 2.05) is 6.08 Å². The summed E-state index contributed by atoms with van der Waals surface area (Å²) in [6.07, 6.45) is 28.5. The van der Waals surface area contributed by atoms with E-state index in [-0.39, 0.29) is 16.8 Å². The van der Waals surface area contributed by atoms with Crippen molar-refractivity contribution in [2.24, 2.45) is 0 Å². The van der Waals surface area contributed by atoms with Crippen LogP contribution in [0.2, 0.25) is 0 Å². The van der Waals surface area contributed by atoms with Gasteiger partial charge >= 0.3 is 0 Å². The Balaban J connectivity index is 0.000000284. The molecule has 0 saturated heterocycles. The molecule has 0 N–H and O–H groups in total. The van der Waals surface area contributed by atoms with Gasteiger partial charge in [0.05, 0.1) is 0 Å². The van der Waals surface area contributed by atoms with Gasteiger partial charge in [-0.1, -0.05) is 43.6 Å². The topological polar surface area (TPSA) is 0 Å². The van der Waals surface area contributed by atoms with Crippen molar-refractivity contribution < 1.29 is 16.8 Å². The number of hydrogen-bond acceptors (Lipinski definition) is 0. The Morgan fingerprint density at radius 3 is 1.82 bits per heavy atom. The number of hydrogen-bond donors (Lipinski definition) is 0. The molecule has 2 aliphatic rings. The van der Waals surface area contributed by atoms with E-state index in [0.29, 0.717) is 0 Å². The molecule has 0 aromatic rings. The molecule has 1 radical (unpaired) electrons. The molecule has 0 atom stereocenters. The maximum atomic E-state index is 3.18. The molecule has 0 saturated carbocycles. The van der Waals surface area contributed by atoms with Gasteiger partial charge in [0.15, 0.2) is 0 Å². The van der Waals surface area contributed by atoms with Crippen LogP contribution in [0.4, 0.5) is 0 Å².